The van der Waals surface area contributed by atoms with E-state index in [0.29, 0.717) is 6.42 Å². The molecule has 2 aromatic heterocycles. The van der Waals surface area contributed by atoms with Crippen LogP contribution in [0.5, 0.6) is 0 Å². The summed E-state index contributed by atoms with van der Waals surface area (Å²) in [5.41, 5.74) is -0.310. The van der Waals surface area contributed by atoms with Gasteiger partial charge in [0, 0.05) is 30.7 Å². The molecule has 4 aromatic rings. The van der Waals surface area contributed by atoms with Gasteiger partial charge in [0.25, 0.3) is 5.91 Å². The maximum absolute atomic E-state index is 13.4. The van der Waals surface area contributed by atoms with Gasteiger partial charge in [-0.2, -0.15) is 23.4 Å². The first-order chi connectivity index (χ1) is 16.2. The normalized spacial score (nSPS) is 11.4. The Balaban J connectivity index is 1.49. The zero-order valence-electron chi connectivity index (χ0n) is 18.1. The summed E-state index contributed by atoms with van der Waals surface area (Å²) in [4.78, 5) is 25.0. The number of benzene rings is 2. The van der Waals surface area contributed by atoms with Crippen molar-refractivity contribution in [1.29, 1.82) is 0 Å². The third kappa shape index (κ3) is 4.90. The number of halogens is 3. The first-order valence-corrected chi connectivity index (χ1v) is 10.4. The second-order valence-corrected chi connectivity index (χ2v) is 7.55. The summed E-state index contributed by atoms with van der Waals surface area (Å²) in [6.07, 6.45) is -0.632. The molecule has 1 N–H and O–H groups in total. The number of hydrogen-bond donors (Lipinski definition) is 1. The Kier molecular flexibility index (Phi) is 6.31. The summed E-state index contributed by atoms with van der Waals surface area (Å²) in [7, 11) is 0. The largest absolute Gasteiger partial charge is 0.418 e. The van der Waals surface area contributed by atoms with Crippen LogP contribution < -0.4 is 10.7 Å². The van der Waals surface area contributed by atoms with Gasteiger partial charge >= 0.3 is 6.18 Å². The summed E-state index contributed by atoms with van der Waals surface area (Å²) in [5, 5.41) is 10.7. The molecule has 2 aromatic carbocycles. The van der Waals surface area contributed by atoms with Crippen molar-refractivity contribution in [3.63, 3.8) is 0 Å². The van der Waals surface area contributed by atoms with Gasteiger partial charge in [-0.05, 0) is 49.2 Å². The molecule has 4 rings (SSSR count). The third-order valence-corrected chi connectivity index (χ3v) is 5.16. The molecule has 0 bridgehead atoms. The number of alkyl halides is 3. The molecule has 2 heterocycles. The van der Waals surface area contributed by atoms with Crippen LogP contribution in [0.4, 0.5) is 13.2 Å². The number of carbonyl (C=O) groups is 1. The van der Waals surface area contributed by atoms with Crippen LogP contribution in [-0.2, 0) is 12.6 Å². The average Bonchev–Trinajstić information content (AvgIpc) is 3.34. The van der Waals surface area contributed by atoms with Crippen molar-refractivity contribution in [2.45, 2.75) is 19.5 Å². The fraction of sp³-hybridized carbons (Fsp3) is 0.167. The molecule has 10 heteroatoms. The fourth-order valence-corrected chi connectivity index (χ4v) is 3.49. The molecule has 0 aliphatic carbocycles. The van der Waals surface area contributed by atoms with Crippen molar-refractivity contribution < 1.29 is 18.0 Å². The Morgan fingerprint density at radius 1 is 1.06 bits per heavy atom. The lowest BCUT2D eigenvalue weighted by Gasteiger charge is -2.16. The second-order valence-electron chi connectivity index (χ2n) is 7.55. The molecule has 0 unspecified atom stereocenters. The number of hydrogen-bond acceptors (Lipinski definition) is 4. The first-order valence-electron chi connectivity index (χ1n) is 10.4. The van der Waals surface area contributed by atoms with E-state index in [1.165, 1.54) is 25.1 Å². The topological polar surface area (TPSA) is 81.8 Å². The maximum atomic E-state index is 13.4. The number of aromatic nitrogens is 4. The molecule has 0 atom stereocenters. The fourth-order valence-electron chi connectivity index (χ4n) is 3.49. The van der Waals surface area contributed by atoms with Gasteiger partial charge in [-0.1, -0.05) is 24.3 Å². The van der Waals surface area contributed by atoms with Gasteiger partial charge in [0.2, 0.25) is 5.43 Å². The lowest BCUT2D eigenvalue weighted by atomic mass is 10.1. The quantitative estimate of drug-likeness (QED) is 0.469. The van der Waals surface area contributed by atoms with Gasteiger partial charge in [0.15, 0.2) is 5.69 Å². The summed E-state index contributed by atoms with van der Waals surface area (Å²) >= 11 is 0. The monoisotopic (exact) mass is 467 g/mol. The summed E-state index contributed by atoms with van der Waals surface area (Å²) in [5.74, 6) is -0.753. The van der Waals surface area contributed by atoms with Crippen LogP contribution in [0, 0.1) is 6.92 Å². The predicted octanol–water partition coefficient (Wildman–Crippen LogP) is 3.72. The number of nitrogens with one attached hydrogen (secondary N) is 1. The van der Waals surface area contributed by atoms with E-state index in [1.807, 2.05) is 36.5 Å². The number of carbonyl (C=O) groups excluding carboxylic acids is 1. The van der Waals surface area contributed by atoms with Crippen LogP contribution in [0.15, 0.2) is 77.9 Å². The van der Waals surface area contributed by atoms with Crippen LogP contribution in [0.25, 0.3) is 11.4 Å². The van der Waals surface area contributed by atoms with E-state index in [0.717, 1.165) is 28.1 Å². The van der Waals surface area contributed by atoms with Gasteiger partial charge in [0.05, 0.1) is 16.9 Å². The van der Waals surface area contributed by atoms with E-state index in [4.69, 9.17) is 0 Å². The lowest BCUT2D eigenvalue weighted by Crippen LogP contribution is -2.33. The number of nitrogens with zero attached hydrogens (tertiary/aromatic N) is 4. The maximum Gasteiger partial charge on any atom is 0.418 e. The van der Waals surface area contributed by atoms with E-state index < -0.39 is 28.8 Å². The molecule has 0 aliphatic heterocycles. The Morgan fingerprint density at radius 2 is 1.79 bits per heavy atom. The van der Waals surface area contributed by atoms with Crippen molar-refractivity contribution in [1.82, 2.24) is 24.9 Å². The molecule has 0 aliphatic rings. The molecule has 0 saturated heterocycles. The Hall–Kier alpha value is -4.21. The van der Waals surface area contributed by atoms with Gasteiger partial charge in [-0.25, -0.2) is 9.36 Å². The third-order valence-electron chi connectivity index (χ3n) is 5.16. The molecule has 0 spiro atoms. The summed E-state index contributed by atoms with van der Waals surface area (Å²) in [6, 6.07) is 15.4. The van der Waals surface area contributed by atoms with E-state index in [2.05, 4.69) is 15.5 Å². The van der Waals surface area contributed by atoms with E-state index in [1.54, 1.807) is 10.9 Å². The molecule has 7 nitrogen and oxygen atoms in total. The van der Waals surface area contributed by atoms with Crippen LogP contribution >= 0.6 is 0 Å². The van der Waals surface area contributed by atoms with Crippen molar-refractivity contribution in [2.75, 3.05) is 6.54 Å². The highest BCUT2D eigenvalue weighted by Gasteiger charge is 2.34. The van der Waals surface area contributed by atoms with Crippen LogP contribution in [0.1, 0.15) is 27.3 Å². The van der Waals surface area contributed by atoms with Crippen LogP contribution in [0.2, 0.25) is 0 Å². The zero-order valence-corrected chi connectivity index (χ0v) is 18.1. The van der Waals surface area contributed by atoms with E-state index in [9.17, 15) is 22.8 Å². The molecular formula is C24H20F3N5O2. The molecule has 0 fully saturated rings. The van der Waals surface area contributed by atoms with Crippen LogP contribution in [0.3, 0.4) is 0 Å². The number of aryl methyl sites for hydroxylation is 1. The molecule has 34 heavy (non-hydrogen) atoms. The van der Waals surface area contributed by atoms with Gasteiger partial charge in [-0.15, -0.1) is 0 Å². The lowest BCUT2D eigenvalue weighted by molar-refractivity contribution is -0.137. The Bertz CT molecular complexity index is 1360. The van der Waals surface area contributed by atoms with Crippen LogP contribution in [-0.4, -0.2) is 32.0 Å². The molecule has 1 amide bonds. The number of para-hydroxylation sites is 1. The summed E-state index contributed by atoms with van der Waals surface area (Å²) in [6.45, 7) is 1.67. The summed E-state index contributed by atoms with van der Waals surface area (Å²) < 4.78 is 43.0. The Labute approximate surface area is 192 Å². The molecule has 0 saturated carbocycles. The molecular weight excluding hydrogens is 447 g/mol. The highest BCUT2D eigenvalue weighted by Crippen LogP contribution is 2.33. The van der Waals surface area contributed by atoms with Crippen molar-refractivity contribution in [3.05, 3.63) is 106 Å². The highest BCUT2D eigenvalue weighted by atomic mass is 19.4. The van der Waals surface area contributed by atoms with Gasteiger partial charge in [-0.3, -0.25) is 9.59 Å². The van der Waals surface area contributed by atoms with E-state index >= 15 is 0 Å². The highest BCUT2D eigenvalue weighted by molar-refractivity contribution is 5.92. The zero-order chi connectivity index (χ0) is 24.3. The molecule has 0 radical (unpaired) electrons. The SMILES string of the molecule is Cc1cc(=O)c(C(=O)NCCc2ccc(-n3cccn3)cc2)nn1-c1ccccc1C(F)(F)F. The number of amides is 1. The predicted molar refractivity (Wildman–Crippen MR) is 119 cm³/mol. The average molecular weight is 467 g/mol. The first kappa shape index (κ1) is 23.0. The Morgan fingerprint density at radius 3 is 2.47 bits per heavy atom. The minimum Gasteiger partial charge on any atom is -0.350 e. The van der Waals surface area contributed by atoms with Gasteiger partial charge < -0.3 is 5.32 Å². The van der Waals surface area contributed by atoms with Crippen molar-refractivity contribution >= 4 is 5.91 Å². The van der Waals surface area contributed by atoms with Crippen molar-refractivity contribution in [3.8, 4) is 11.4 Å². The minimum atomic E-state index is -4.62. The van der Waals surface area contributed by atoms with Crippen molar-refractivity contribution in [2.24, 2.45) is 0 Å². The standard InChI is InChI=1S/C24H20F3N5O2/c1-16-15-21(33)22(30-32(16)20-6-3-2-5-19(20)24(25,26)27)23(34)28-13-11-17-7-9-18(10-8-17)31-14-4-12-29-31/h2-10,12,14-15H,11,13H2,1H3,(H,28,34). The van der Waals surface area contributed by atoms with Gasteiger partial charge in [0.1, 0.15) is 0 Å². The smallest absolute Gasteiger partial charge is 0.350 e. The second kappa shape index (κ2) is 9.34. The number of rotatable bonds is 6. The molecule has 174 valence electrons. The van der Waals surface area contributed by atoms with E-state index in [-0.39, 0.29) is 17.9 Å². The minimum absolute atomic E-state index is 0.176.